The van der Waals surface area contributed by atoms with Gasteiger partial charge in [-0.3, -0.25) is 4.79 Å². The van der Waals surface area contributed by atoms with Crippen molar-refractivity contribution in [1.82, 2.24) is 29.8 Å². The molecule has 4 rings (SSSR count). The summed E-state index contributed by atoms with van der Waals surface area (Å²) in [6.45, 7) is 8.06. The van der Waals surface area contributed by atoms with Crippen LogP contribution in [0, 0.1) is 18.6 Å². The van der Waals surface area contributed by atoms with Gasteiger partial charge in [0, 0.05) is 0 Å². The van der Waals surface area contributed by atoms with E-state index < -0.39 is 0 Å². The van der Waals surface area contributed by atoms with E-state index in [2.05, 4.69) is 40.3 Å². The van der Waals surface area contributed by atoms with Crippen LogP contribution >= 0.6 is 12.2 Å². The molecular formula is C21H24N7OS+. The number of nitrogens with one attached hydrogen (secondary N) is 2. The summed E-state index contributed by atoms with van der Waals surface area (Å²) < 4.78 is 3.94. The van der Waals surface area contributed by atoms with Crippen LogP contribution in [-0.2, 0) is 13.2 Å². The molecule has 8 nitrogen and oxygen atoms in total. The minimum absolute atomic E-state index is 0.122. The summed E-state index contributed by atoms with van der Waals surface area (Å²) in [5.74, 6) is 0.642. The van der Waals surface area contributed by atoms with Gasteiger partial charge in [-0.15, -0.1) is 0 Å². The molecule has 154 valence electrons. The van der Waals surface area contributed by atoms with Crippen LogP contribution in [0.25, 0.3) is 16.6 Å². The number of hydrogen-bond donors (Lipinski definition) is 2. The van der Waals surface area contributed by atoms with Crippen molar-refractivity contribution >= 4 is 23.1 Å². The zero-order valence-electron chi connectivity index (χ0n) is 17.2. The van der Waals surface area contributed by atoms with Crippen molar-refractivity contribution in [2.24, 2.45) is 0 Å². The predicted molar refractivity (Wildman–Crippen MR) is 117 cm³/mol. The highest BCUT2D eigenvalue weighted by Gasteiger charge is 2.15. The van der Waals surface area contributed by atoms with Gasteiger partial charge in [-0.25, -0.2) is 4.98 Å². The minimum Gasteiger partial charge on any atom is -0.310 e. The molecule has 0 saturated heterocycles. The molecule has 0 aliphatic carbocycles. The number of aryl methyl sites for hydroxylation is 2. The maximum atomic E-state index is 12.3. The molecule has 0 bridgehead atoms. The molecule has 0 spiro atoms. The smallest absolute Gasteiger partial charge is 0.258 e. The van der Waals surface area contributed by atoms with Crippen LogP contribution in [0.5, 0.6) is 0 Å². The van der Waals surface area contributed by atoms with Gasteiger partial charge < -0.3 is 9.88 Å². The lowest BCUT2D eigenvalue weighted by atomic mass is 10.1. The monoisotopic (exact) mass is 422 g/mol. The molecule has 0 radical (unpaired) electrons. The van der Waals surface area contributed by atoms with Gasteiger partial charge in [0.2, 0.25) is 4.77 Å². The van der Waals surface area contributed by atoms with E-state index in [9.17, 15) is 4.79 Å². The van der Waals surface area contributed by atoms with Crippen LogP contribution in [-0.4, -0.2) is 36.3 Å². The summed E-state index contributed by atoms with van der Waals surface area (Å²) in [4.78, 5) is 21.0. The molecule has 0 aliphatic heterocycles. The number of rotatable bonds is 6. The number of quaternary nitrogens is 1. The summed E-state index contributed by atoms with van der Waals surface area (Å²) in [5, 5.41) is 9.12. The Morgan fingerprint density at radius 3 is 2.70 bits per heavy atom. The molecule has 0 amide bonds. The first-order valence-electron chi connectivity index (χ1n) is 9.88. The van der Waals surface area contributed by atoms with Crippen LogP contribution in [0.15, 0.2) is 47.3 Å². The Morgan fingerprint density at radius 1 is 1.13 bits per heavy atom. The molecule has 2 aromatic heterocycles. The second kappa shape index (κ2) is 8.29. The van der Waals surface area contributed by atoms with E-state index in [1.54, 1.807) is 15.4 Å². The molecule has 1 atom stereocenters. The van der Waals surface area contributed by atoms with Gasteiger partial charge >= 0.3 is 0 Å². The molecule has 2 aromatic carbocycles. The Bertz CT molecular complexity index is 1320. The number of aromatic amines is 1. The third-order valence-corrected chi connectivity index (χ3v) is 5.56. The first kappa shape index (κ1) is 20.1. The van der Waals surface area contributed by atoms with Crippen molar-refractivity contribution in [3.8, 4) is 5.69 Å². The van der Waals surface area contributed by atoms with E-state index in [-0.39, 0.29) is 5.56 Å². The normalized spacial score (nSPS) is 12.4. The number of fused-ring (bicyclic) bond motifs is 1. The highest BCUT2D eigenvalue weighted by Crippen LogP contribution is 2.14. The van der Waals surface area contributed by atoms with Gasteiger partial charge in [0.1, 0.15) is 6.54 Å². The third-order valence-electron chi connectivity index (χ3n) is 5.17. The number of nitrogens with zero attached hydrogens (tertiary/aromatic N) is 5. The van der Waals surface area contributed by atoms with Gasteiger partial charge in [-0.2, -0.15) is 9.36 Å². The highest BCUT2D eigenvalue weighted by molar-refractivity contribution is 7.71. The predicted octanol–water partition coefficient (Wildman–Crippen LogP) is 1.71. The fourth-order valence-corrected chi connectivity index (χ4v) is 3.76. The van der Waals surface area contributed by atoms with Crippen molar-refractivity contribution in [3.05, 3.63) is 74.5 Å². The van der Waals surface area contributed by atoms with E-state index in [1.807, 2.05) is 37.3 Å². The second-order valence-electron chi connectivity index (χ2n) is 7.43. The van der Waals surface area contributed by atoms with Crippen LogP contribution in [0.4, 0.5) is 0 Å². The van der Waals surface area contributed by atoms with Gasteiger partial charge in [0.25, 0.3) is 5.56 Å². The largest absolute Gasteiger partial charge is 0.310 e. The summed E-state index contributed by atoms with van der Waals surface area (Å²) in [6, 6.07) is 13.5. The Kier molecular flexibility index (Phi) is 5.56. The molecule has 2 heterocycles. The standard InChI is InChI=1S/C21H23N7OS/c1-4-26(12-19-22-17-8-6-5-7-16(17)20(29)23-19)13-27-21(30)28(25-24-27)18-10-9-14(2)11-15(18)3/h5-11H,4,12-13H2,1-3H3,(H,22,23,29)/p+1. The average Bonchev–Trinajstić information content (AvgIpc) is 3.07. The maximum absolute atomic E-state index is 12.3. The number of para-hydroxylation sites is 1. The Morgan fingerprint density at radius 2 is 1.93 bits per heavy atom. The lowest BCUT2D eigenvalue weighted by Gasteiger charge is -2.16. The third kappa shape index (κ3) is 3.94. The first-order chi connectivity index (χ1) is 14.5. The Hall–Kier alpha value is -3.17. The summed E-state index contributed by atoms with van der Waals surface area (Å²) in [5.41, 5.74) is 3.78. The number of H-pyrrole nitrogens is 1. The lowest BCUT2D eigenvalue weighted by Crippen LogP contribution is -3.09. The second-order valence-corrected chi connectivity index (χ2v) is 7.80. The van der Waals surface area contributed by atoms with Gasteiger partial charge in [-0.05, 0) is 67.2 Å². The van der Waals surface area contributed by atoms with Crippen molar-refractivity contribution < 1.29 is 4.90 Å². The number of benzene rings is 2. The van der Waals surface area contributed by atoms with Gasteiger partial charge in [0.05, 0.1) is 23.1 Å². The van der Waals surface area contributed by atoms with Crippen molar-refractivity contribution in [2.45, 2.75) is 34.0 Å². The SMILES string of the molecule is CC[NH+](Cc1nc2ccccc2c(=O)[nH]1)Cn1nnn(-c2ccc(C)cc2C)c1=S. The van der Waals surface area contributed by atoms with Crippen LogP contribution < -0.4 is 10.5 Å². The summed E-state index contributed by atoms with van der Waals surface area (Å²) >= 11 is 5.63. The van der Waals surface area contributed by atoms with E-state index in [1.165, 1.54) is 5.56 Å². The quantitative estimate of drug-likeness (QED) is 0.462. The van der Waals surface area contributed by atoms with Crippen LogP contribution in [0.3, 0.4) is 0 Å². The van der Waals surface area contributed by atoms with Crippen LogP contribution in [0.2, 0.25) is 0 Å². The topological polar surface area (TPSA) is 85.8 Å². The Balaban J connectivity index is 1.58. The molecule has 0 fully saturated rings. The molecule has 0 saturated carbocycles. The number of aromatic nitrogens is 6. The summed E-state index contributed by atoms with van der Waals surface area (Å²) in [6.07, 6.45) is 0. The fourth-order valence-electron chi connectivity index (χ4n) is 3.53. The maximum Gasteiger partial charge on any atom is 0.258 e. The molecule has 30 heavy (non-hydrogen) atoms. The molecule has 9 heteroatoms. The molecule has 2 N–H and O–H groups in total. The zero-order valence-corrected chi connectivity index (χ0v) is 18.0. The van der Waals surface area contributed by atoms with Crippen molar-refractivity contribution in [2.75, 3.05) is 6.54 Å². The average molecular weight is 423 g/mol. The first-order valence-corrected chi connectivity index (χ1v) is 10.3. The van der Waals surface area contributed by atoms with E-state index in [0.29, 0.717) is 34.7 Å². The van der Waals surface area contributed by atoms with E-state index in [0.717, 1.165) is 22.7 Å². The molecule has 1 unspecified atom stereocenters. The summed E-state index contributed by atoms with van der Waals surface area (Å²) in [7, 11) is 0. The van der Waals surface area contributed by atoms with E-state index >= 15 is 0 Å². The van der Waals surface area contributed by atoms with Gasteiger partial charge in [-0.1, -0.05) is 29.8 Å². The zero-order chi connectivity index (χ0) is 21.3. The molecular weight excluding hydrogens is 398 g/mol. The van der Waals surface area contributed by atoms with Crippen LogP contribution in [0.1, 0.15) is 23.9 Å². The highest BCUT2D eigenvalue weighted by atomic mass is 32.1. The van der Waals surface area contributed by atoms with Gasteiger partial charge in [0.15, 0.2) is 12.5 Å². The minimum atomic E-state index is -0.122. The lowest BCUT2D eigenvalue weighted by molar-refractivity contribution is -0.936. The fraction of sp³-hybridized carbons (Fsp3) is 0.286. The molecule has 0 aliphatic rings. The van der Waals surface area contributed by atoms with Crippen molar-refractivity contribution in [3.63, 3.8) is 0 Å². The Labute approximate surface area is 178 Å². The number of tetrazole rings is 1. The van der Waals surface area contributed by atoms with E-state index in [4.69, 9.17) is 12.2 Å². The van der Waals surface area contributed by atoms with Crippen molar-refractivity contribution in [1.29, 1.82) is 0 Å². The number of hydrogen-bond acceptors (Lipinski definition) is 5. The molecule has 4 aromatic rings.